The molecule has 6 rings (SSSR count). The molecule has 16 amide bonds. The summed E-state index contributed by atoms with van der Waals surface area (Å²) in [7, 11) is 11.6. The van der Waals surface area contributed by atoms with Crippen LogP contribution >= 0.6 is 21.6 Å². The smallest absolute Gasteiger partial charge is 0.305 e. The number of phenolic OH excluding ortho intramolecular Hbond substituents is 2. The van der Waals surface area contributed by atoms with Crippen molar-refractivity contribution >= 4 is 134 Å². The van der Waals surface area contributed by atoms with E-state index in [0.29, 0.717) is 49.0 Å². The highest BCUT2D eigenvalue weighted by Gasteiger charge is 2.40. The van der Waals surface area contributed by atoms with Gasteiger partial charge in [0.05, 0.1) is 31.5 Å². The van der Waals surface area contributed by atoms with Crippen LogP contribution in [0.25, 0.3) is 11.1 Å². The lowest BCUT2D eigenvalue weighted by Crippen LogP contribution is -2.61. The number of carboxylic acids is 2. The van der Waals surface area contributed by atoms with Crippen LogP contribution < -0.4 is 96.3 Å². The van der Waals surface area contributed by atoms with Gasteiger partial charge in [-0.15, -0.1) is 0 Å². The molecule has 0 aromatic heterocycles. The number of aliphatic carboxylic acids is 2. The number of likely N-dealkylation sites (tertiary alicyclic amines) is 1. The summed E-state index contributed by atoms with van der Waals surface area (Å²) in [5.41, 5.74) is 10.8. The second kappa shape index (κ2) is 60.3. The van der Waals surface area contributed by atoms with E-state index in [2.05, 4.69) is 95.7 Å². The molecular formula is C88H128N22O25S2. The highest BCUT2D eigenvalue weighted by molar-refractivity contribution is 8.76. The van der Waals surface area contributed by atoms with E-state index in [-0.39, 0.29) is 124 Å². The molecule has 2 unspecified atom stereocenters. The van der Waals surface area contributed by atoms with Crippen LogP contribution in [0.4, 0.5) is 0 Å². The fourth-order valence-electron chi connectivity index (χ4n) is 13.8. The zero-order valence-corrected chi connectivity index (χ0v) is 79.5. The largest absolute Gasteiger partial charge is 0.508 e. The molecule has 137 heavy (non-hydrogen) atoms. The average molecular weight is 1960 g/mol. The Morgan fingerprint density at radius 3 is 1.69 bits per heavy atom. The van der Waals surface area contributed by atoms with Gasteiger partial charge in [-0.25, -0.2) is 5.48 Å². The van der Waals surface area contributed by atoms with Crippen LogP contribution in [0.5, 0.6) is 11.5 Å². The maximum atomic E-state index is 14.4. The number of amides is 16. The fraction of sp³-hybridized carbons (Fsp3) is 0.511. The summed E-state index contributed by atoms with van der Waals surface area (Å²) in [5.74, 6) is -16.7. The highest BCUT2D eigenvalue weighted by Crippen LogP contribution is 2.27. The normalized spacial score (nSPS) is 18.6. The molecule has 0 bridgehead atoms. The predicted octanol–water partition coefficient (Wildman–Crippen LogP) is -5.98. The number of hydroxylamine groups is 1. The van der Waals surface area contributed by atoms with Crippen LogP contribution in [0.1, 0.15) is 76.5 Å². The maximum absolute atomic E-state index is 14.4. The zero-order chi connectivity index (χ0) is 101. The predicted molar refractivity (Wildman–Crippen MR) is 503 cm³/mol. The number of carbonyl (C=O) groups excluding carboxylic acids is 16. The number of hydrogen-bond donors (Lipinski definition) is 23. The molecule has 12 atom stereocenters. The second-order valence-electron chi connectivity index (χ2n) is 32.2. The van der Waals surface area contributed by atoms with Crippen molar-refractivity contribution in [3.05, 3.63) is 120 Å². The Balaban J connectivity index is 0.000000519. The van der Waals surface area contributed by atoms with Gasteiger partial charge in [-0.2, -0.15) is 0 Å². The number of phenols is 2. The van der Waals surface area contributed by atoms with Gasteiger partial charge in [-0.1, -0.05) is 126 Å². The van der Waals surface area contributed by atoms with E-state index in [1.807, 2.05) is 44.2 Å². The van der Waals surface area contributed by atoms with Crippen molar-refractivity contribution < 1.29 is 122 Å². The number of nitrogens with one attached hydrogen (secondary N) is 17. The Hall–Kier alpha value is -13.2. The summed E-state index contributed by atoms with van der Waals surface area (Å²) in [6.45, 7) is 6.20. The first-order valence-electron chi connectivity index (χ1n) is 44.0. The summed E-state index contributed by atoms with van der Waals surface area (Å²) < 4.78 is 0. The number of oxime groups is 1. The molecule has 2 saturated heterocycles. The number of primary amides is 1. The lowest BCUT2D eigenvalue weighted by molar-refractivity contribution is -0.141. The molecule has 0 spiro atoms. The molecule has 49 heteroatoms. The minimum Gasteiger partial charge on any atom is -0.508 e. The molecule has 24 N–H and O–H groups in total. The van der Waals surface area contributed by atoms with Crippen molar-refractivity contribution in [2.24, 2.45) is 22.7 Å². The SMILES string of the molecule is CC(O)[C@@H]1NC(=O)CNC(=O)[C@H](Cc2ccc(O)cc2)NC(=O)[C@H](Cc2ccc(O)cc2)NC(=O)[C@H](CC(=O)O)NC(=O)[C@@H](C)CSSC[C@@H](C(=O)N[C@@H](Cc2ccc(-c3ccccc3)cc2)C(=O)N[C@H](CC(=O)O)C(N)=O)NC1=O.CNCC(NC)C(=O)N(CCNC(=O)CONC)CCN(CCNC(=O)CO/N=C/C(=O)N[C@@H](CC(C)C)C(=O)N1CCC[C@H]1C(=O)NC)C(=O)C(NC)NC. The highest BCUT2D eigenvalue weighted by atomic mass is 33.1. The number of benzene rings is 4. The molecule has 2 heterocycles. The summed E-state index contributed by atoms with van der Waals surface area (Å²) in [4.78, 5) is 252. The van der Waals surface area contributed by atoms with Crippen molar-refractivity contribution in [2.45, 2.75) is 152 Å². The second-order valence-corrected chi connectivity index (χ2v) is 34.8. The third kappa shape index (κ3) is 40.7. The molecule has 4 aromatic rings. The minimum absolute atomic E-state index is 0.0270. The van der Waals surface area contributed by atoms with Crippen LogP contribution in [0.3, 0.4) is 0 Å². The van der Waals surface area contributed by atoms with E-state index >= 15 is 0 Å². The monoisotopic (exact) mass is 1960 g/mol. The van der Waals surface area contributed by atoms with E-state index in [9.17, 15) is 112 Å². The van der Waals surface area contributed by atoms with Gasteiger partial charge in [-0.3, -0.25) is 102 Å². The topological polar surface area (TPSA) is 679 Å². The maximum Gasteiger partial charge on any atom is 0.305 e. The number of nitrogens with two attached hydrogens (primary N) is 1. The van der Waals surface area contributed by atoms with Crippen molar-refractivity contribution in [2.75, 3.05) is 126 Å². The molecule has 47 nitrogen and oxygen atoms in total. The van der Waals surface area contributed by atoms with E-state index in [1.54, 1.807) is 57.4 Å². The molecule has 2 aliphatic rings. The first-order chi connectivity index (χ1) is 65.2. The molecule has 752 valence electrons. The van der Waals surface area contributed by atoms with Gasteiger partial charge in [-0.05, 0) is 112 Å². The van der Waals surface area contributed by atoms with Gasteiger partial charge in [0.25, 0.3) is 17.7 Å². The third-order valence-corrected chi connectivity index (χ3v) is 23.8. The number of aliphatic hydroxyl groups excluding tert-OH is 1. The lowest BCUT2D eigenvalue weighted by atomic mass is 9.99. The fourth-order valence-corrected chi connectivity index (χ4v) is 16.3. The first-order valence-corrected chi connectivity index (χ1v) is 46.5. The quantitative estimate of drug-likeness (QED) is 0.00848. The summed E-state index contributed by atoms with van der Waals surface area (Å²) in [5, 5.41) is 95.2. The van der Waals surface area contributed by atoms with Gasteiger partial charge in [0.2, 0.25) is 76.8 Å². The minimum atomic E-state index is -1.81. The number of carbonyl (C=O) groups is 18. The van der Waals surface area contributed by atoms with E-state index in [1.165, 1.54) is 79.3 Å². The summed E-state index contributed by atoms with van der Waals surface area (Å²) in [6, 6.07) is 13.5. The van der Waals surface area contributed by atoms with E-state index < -0.39 is 182 Å². The van der Waals surface area contributed by atoms with Crippen molar-refractivity contribution in [3.8, 4) is 22.6 Å². The number of carboxylic acid groups (broad SMARTS) is 2. The number of hydrogen-bond acceptors (Lipinski definition) is 31. The first kappa shape index (κ1) is 114. The number of aliphatic hydroxyl groups is 1. The Morgan fingerprint density at radius 1 is 0.591 bits per heavy atom. The number of aromatic hydroxyl groups is 2. The molecule has 2 fully saturated rings. The Bertz CT molecular complexity index is 4720. The van der Waals surface area contributed by atoms with Crippen molar-refractivity contribution in [3.63, 3.8) is 0 Å². The molecular weight excluding hydrogens is 1830 g/mol. The van der Waals surface area contributed by atoms with Crippen LogP contribution in [0, 0.1) is 11.8 Å². The summed E-state index contributed by atoms with van der Waals surface area (Å²) in [6.07, 6.45) is -2.68. The number of likely N-dealkylation sites (N-methyl/N-ethyl adjacent to an activating group) is 5. The van der Waals surface area contributed by atoms with Gasteiger partial charge in [0, 0.05) is 103 Å². The zero-order valence-electron chi connectivity index (χ0n) is 77.9. The van der Waals surface area contributed by atoms with Gasteiger partial charge >= 0.3 is 11.9 Å². The molecule has 4 aromatic carbocycles. The van der Waals surface area contributed by atoms with Gasteiger partial charge in [0.1, 0.15) is 84.9 Å². The Morgan fingerprint density at radius 2 is 1.15 bits per heavy atom. The Kier molecular flexibility index (Phi) is 50.4. The van der Waals surface area contributed by atoms with E-state index in [4.69, 9.17) is 15.4 Å². The van der Waals surface area contributed by atoms with Crippen LogP contribution in [0.2, 0.25) is 0 Å². The van der Waals surface area contributed by atoms with Crippen molar-refractivity contribution in [1.82, 2.24) is 105 Å². The van der Waals surface area contributed by atoms with Crippen molar-refractivity contribution in [1.29, 1.82) is 0 Å². The summed E-state index contributed by atoms with van der Waals surface area (Å²) >= 11 is 0. The molecule has 0 saturated carbocycles. The standard InChI is InChI=1S/C54H63N9O16S2.C34H65N13O9/c1-28-26-80-81-27-42(53(78)61-39(50(75)57-37(47(55)72)23-44(68)69)21-30-8-14-34(15-9-30)33-6-4-3-5-7-33)62-54(79)46(29(2)64)63-43(67)25-56-49(74)38(20-31-10-16-35(65)17-11-31)59-51(76)40(22-32-12-18-36(66)19-13-32)60-52(77)41(24-45(70)71)58-48(28)73;1-23(2)18-24(33(53)47-13-9-10-26(47)31(51)39-7)44-27(48)20-43-56-22-29(50)42-12-15-46(34(54)30(37-5)38-6)17-16-45(32(52)25(36-4)19-35-3)14-11-41-28(49)21-55-40-8/h3-19,28-29,37-42,46,64-66H,20-27H2,1-2H3,(H2,55,72)(H,56,74)(H,57,75)(H,58,73)(H,59,76)(H,60,77)(H,61,78)(H,62,79)(H,63,67)(H,68,69)(H,70,71);20,23-26,30,35-38,40H,9-19,21-22H2,1-8H3,(H,39,51)(H,41,49)(H,42,50)(H,44,48)/b;43-20+/t28-,29?,37+,38-,39-,40-,41-,42-,46-;24-,25?,26-/m00/s1. The Labute approximate surface area is 799 Å². The van der Waals surface area contributed by atoms with Crippen LogP contribution in [-0.4, -0.2) is 351 Å². The average Bonchev–Trinajstić information content (AvgIpc) is 1.82. The van der Waals surface area contributed by atoms with Crippen LogP contribution in [-0.2, 0) is 115 Å². The van der Waals surface area contributed by atoms with Crippen LogP contribution in [0.15, 0.2) is 108 Å². The molecule has 0 radical (unpaired) electrons. The van der Waals surface area contributed by atoms with Gasteiger partial charge in [0.15, 0.2) is 6.61 Å². The molecule has 2 aliphatic heterocycles. The molecule has 0 aliphatic carbocycles. The number of rotatable bonds is 45. The van der Waals surface area contributed by atoms with E-state index in [0.717, 1.165) is 45.9 Å². The third-order valence-electron chi connectivity index (χ3n) is 21.2. The lowest BCUT2D eigenvalue weighted by Gasteiger charge is -2.32. The van der Waals surface area contributed by atoms with Gasteiger partial charge < -0.3 is 125 Å². The number of nitrogens with zero attached hydrogens (tertiary/aromatic N) is 4.